The molecule has 0 spiro atoms. The molecular formula is C36H35N5O3. The number of carbonyl (C=O) groups is 2. The number of aromatic nitrogens is 1. The van der Waals surface area contributed by atoms with E-state index in [4.69, 9.17) is 0 Å². The number of piperidine rings is 1. The lowest BCUT2D eigenvalue weighted by molar-refractivity contribution is 0.101. The van der Waals surface area contributed by atoms with Gasteiger partial charge in [-0.05, 0) is 96.8 Å². The normalized spacial score (nSPS) is 16.4. The van der Waals surface area contributed by atoms with Gasteiger partial charge >= 0.3 is 0 Å². The summed E-state index contributed by atoms with van der Waals surface area (Å²) in [5.41, 5.74) is 8.21. The van der Waals surface area contributed by atoms with Gasteiger partial charge < -0.3 is 30.5 Å². The predicted molar refractivity (Wildman–Crippen MR) is 176 cm³/mol. The van der Waals surface area contributed by atoms with E-state index in [0.717, 1.165) is 71.7 Å². The molecule has 4 N–H and O–H groups in total. The Morgan fingerprint density at radius 3 is 2.25 bits per heavy atom. The van der Waals surface area contributed by atoms with Gasteiger partial charge in [-0.1, -0.05) is 18.2 Å². The summed E-state index contributed by atoms with van der Waals surface area (Å²) in [4.78, 5) is 28.1. The van der Waals surface area contributed by atoms with Crippen LogP contribution in [-0.2, 0) is 7.05 Å². The molecule has 8 heteroatoms. The maximum Gasteiger partial charge on any atom is 0.255 e. The summed E-state index contributed by atoms with van der Waals surface area (Å²) < 4.78 is 2.03. The van der Waals surface area contributed by atoms with Crippen LogP contribution < -0.4 is 20.9 Å². The van der Waals surface area contributed by atoms with Crippen LogP contribution in [0.2, 0.25) is 0 Å². The first-order chi connectivity index (χ1) is 21.4. The lowest BCUT2D eigenvalue weighted by atomic mass is 9.93. The van der Waals surface area contributed by atoms with Crippen molar-refractivity contribution in [1.29, 1.82) is 0 Å². The highest BCUT2D eigenvalue weighted by Gasteiger charge is 2.24. The van der Waals surface area contributed by atoms with Gasteiger partial charge in [0, 0.05) is 83.6 Å². The molecular weight excluding hydrogens is 550 g/mol. The quantitative estimate of drug-likeness (QED) is 0.190. The Hall–Kier alpha value is -5.08. The number of rotatable bonds is 6. The third kappa shape index (κ3) is 5.52. The minimum atomic E-state index is -0.213. The van der Waals surface area contributed by atoms with Crippen molar-refractivity contribution < 1.29 is 14.7 Å². The zero-order valence-corrected chi connectivity index (χ0v) is 24.6. The van der Waals surface area contributed by atoms with Crippen molar-refractivity contribution in [3.05, 3.63) is 119 Å². The SMILES string of the molecule is Cn1ccc2cc(C(=O)Nc3ccc(C4CNc5cc(NC(=O)c6ccc(N7CCC(O)CC7)cc6)ccc54)cc3)ccc21. The summed E-state index contributed by atoms with van der Waals surface area (Å²) in [6, 6.07) is 29.4. The van der Waals surface area contributed by atoms with Crippen LogP contribution >= 0.6 is 0 Å². The first-order valence-corrected chi connectivity index (χ1v) is 15.1. The molecule has 1 saturated heterocycles. The standard InChI is InChI=1S/C36H35N5O3/c1-40-17-14-25-20-26(6-13-34(25)40)36(44)38-27-7-2-23(3-8-27)32-22-37-33-21-28(9-12-31(32)33)39-35(43)24-4-10-29(11-5-24)41-18-15-30(42)16-19-41/h2-14,17,20-21,30,32,37,42H,15-16,18-19,22H2,1H3,(H,38,44)(H,39,43). The fourth-order valence-corrected chi connectivity index (χ4v) is 6.29. The van der Waals surface area contributed by atoms with E-state index in [1.165, 1.54) is 5.56 Å². The molecule has 0 saturated carbocycles. The van der Waals surface area contributed by atoms with Gasteiger partial charge in [0.2, 0.25) is 0 Å². The van der Waals surface area contributed by atoms with Crippen molar-refractivity contribution >= 4 is 45.5 Å². The Morgan fingerprint density at radius 2 is 1.48 bits per heavy atom. The number of fused-ring (bicyclic) bond motifs is 2. The number of carbonyl (C=O) groups excluding carboxylic acids is 2. The van der Waals surface area contributed by atoms with Crippen LogP contribution in [0.4, 0.5) is 22.7 Å². The van der Waals surface area contributed by atoms with Gasteiger partial charge in [-0.25, -0.2) is 0 Å². The van der Waals surface area contributed by atoms with Crippen LogP contribution in [0, 0.1) is 0 Å². The fourth-order valence-electron chi connectivity index (χ4n) is 6.29. The highest BCUT2D eigenvalue weighted by Crippen LogP contribution is 2.38. The van der Waals surface area contributed by atoms with E-state index in [0.29, 0.717) is 11.1 Å². The van der Waals surface area contributed by atoms with E-state index in [9.17, 15) is 14.7 Å². The van der Waals surface area contributed by atoms with E-state index in [2.05, 4.69) is 39.0 Å². The Bertz CT molecular complexity index is 1840. The molecule has 0 bridgehead atoms. The molecule has 4 aromatic carbocycles. The van der Waals surface area contributed by atoms with Crippen LogP contribution in [0.3, 0.4) is 0 Å². The van der Waals surface area contributed by atoms with Crippen molar-refractivity contribution in [1.82, 2.24) is 4.57 Å². The van der Waals surface area contributed by atoms with Crippen LogP contribution in [-0.4, -0.2) is 47.2 Å². The second-order valence-corrected chi connectivity index (χ2v) is 11.7. The number of hydrogen-bond acceptors (Lipinski definition) is 5. The first-order valence-electron chi connectivity index (χ1n) is 15.1. The molecule has 3 heterocycles. The zero-order chi connectivity index (χ0) is 30.2. The number of aliphatic hydroxyl groups is 1. The number of nitrogens with zero attached hydrogens (tertiary/aromatic N) is 2. The maximum absolute atomic E-state index is 13.0. The van der Waals surface area contributed by atoms with Gasteiger partial charge in [-0.15, -0.1) is 0 Å². The zero-order valence-electron chi connectivity index (χ0n) is 24.6. The second kappa shape index (κ2) is 11.5. The second-order valence-electron chi connectivity index (χ2n) is 11.7. The molecule has 1 atom stereocenters. The predicted octanol–water partition coefficient (Wildman–Crippen LogP) is 6.20. The minimum absolute atomic E-state index is 0.135. The van der Waals surface area contributed by atoms with Crippen LogP contribution in [0.1, 0.15) is 50.6 Å². The molecule has 5 aromatic rings. The van der Waals surface area contributed by atoms with Crippen LogP contribution in [0.25, 0.3) is 10.9 Å². The Balaban J connectivity index is 0.979. The average Bonchev–Trinajstić information content (AvgIpc) is 3.64. The van der Waals surface area contributed by atoms with Gasteiger partial charge in [0.15, 0.2) is 0 Å². The van der Waals surface area contributed by atoms with E-state index >= 15 is 0 Å². The number of aryl methyl sites for hydroxylation is 1. The van der Waals surface area contributed by atoms with Gasteiger partial charge in [-0.2, -0.15) is 0 Å². The molecule has 2 aliphatic heterocycles. The number of hydrogen-bond donors (Lipinski definition) is 4. The summed E-state index contributed by atoms with van der Waals surface area (Å²) in [5, 5.41) is 20.3. The van der Waals surface area contributed by atoms with Crippen molar-refractivity contribution in [3.63, 3.8) is 0 Å². The smallest absolute Gasteiger partial charge is 0.255 e. The number of benzene rings is 4. The van der Waals surface area contributed by atoms with Gasteiger partial charge in [0.1, 0.15) is 0 Å². The number of amides is 2. The van der Waals surface area contributed by atoms with Crippen molar-refractivity contribution in [2.75, 3.05) is 40.5 Å². The lowest BCUT2D eigenvalue weighted by Gasteiger charge is -2.31. The van der Waals surface area contributed by atoms with E-state index in [1.54, 1.807) is 0 Å². The van der Waals surface area contributed by atoms with Gasteiger partial charge in [0.25, 0.3) is 11.8 Å². The largest absolute Gasteiger partial charge is 0.393 e. The summed E-state index contributed by atoms with van der Waals surface area (Å²) >= 11 is 0. The molecule has 7 rings (SSSR count). The Kier molecular flexibility index (Phi) is 7.28. The molecule has 2 amide bonds. The molecule has 0 radical (unpaired) electrons. The molecule has 8 nitrogen and oxygen atoms in total. The molecule has 222 valence electrons. The first kappa shape index (κ1) is 27.7. The summed E-state index contributed by atoms with van der Waals surface area (Å²) in [6.45, 7) is 2.40. The minimum Gasteiger partial charge on any atom is -0.393 e. The molecule has 44 heavy (non-hydrogen) atoms. The highest BCUT2D eigenvalue weighted by molar-refractivity contribution is 6.06. The van der Waals surface area contributed by atoms with Crippen molar-refractivity contribution in [2.45, 2.75) is 24.9 Å². The summed E-state index contributed by atoms with van der Waals surface area (Å²) in [6.07, 6.45) is 3.31. The van der Waals surface area contributed by atoms with E-state index in [-0.39, 0.29) is 23.8 Å². The topological polar surface area (TPSA) is 98.6 Å². The maximum atomic E-state index is 13.0. The fraction of sp³-hybridized carbons (Fsp3) is 0.222. The molecule has 2 aliphatic rings. The third-order valence-electron chi connectivity index (χ3n) is 8.86. The Morgan fingerprint density at radius 1 is 0.795 bits per heavy atom. The highest BCUT2D eigenvalue weighted by atomic mass is 16.3. The van der Waals surface area contributed by atoms with Gasteiger partial charge in [0.05, 0.1) is 6.10 Å². The monoisotopic (exact) mass is 585 g/mol. The molecule has 0 aliphatic carbocycles. The molecule has 1 unspecified atom stereocenters. The number of anilines is 4. The van der Waals surface area contributed by atoms with Crippen LogP contribution in [0.15, 0.2) is 97.2 Å². The van der Waals surface area contributed by atoms with Crippen molar-refractivity contribution in [2.24, 2.45) is 7.05 Å². The van der Waals surface area contributed by atoms with Crippen molar-refractivity contribution in [3.8, 4) is 0 Å². The van der Waals surface area contributed by atoms with E-state index < -0.39 is 0 Å². The summed E-state index contributed by atoms with van der Waals surface area (Å²) in [5.74, 6) is -0.116. The Labute approximate surface area is 256 Å². The molecule has 1 fully saturated rings. The molecule has 1 aromatic heterocycles. The third-order valence-corrected chi connectivity index (χ3v) is 8.86. The van der Waals surface area contributed by atoms with E-state index in [1.807, 2.05) is 90.6 Å². The lowest BCUT2D eigenvalue weighted by Crippen LogP contribution is -2.35. The van der Waals surface area contributed by atoms with Crippen LogP contribution in [0.5, 0.6) is 0 Å². The van der Waals surface area contributed by atoms with Gasteiger partial charge in [-0.3, -0.25) is 9.59 Å². The number of nitrogens with one attached hydrogen (secondary N) is 3. The summed E-state index contributed by atoms with van der Waals surface area (Å²) in [7, 11) is 1.99. The number of aliphatic hydroxyl groups excluding tert-OH is 1. The average molecular weight is 586 g/mol.